The Labute approximate surface area is 108 Å². The Hall–Kier alpha value is -1.55. The van der Waals surface area contributed by atoms with Gasteiger partial charge in [0.2, 0.25) is 0 Å². The van der Waals surface area contributed by atoms with E-state index in [1.807, 2.05) is 13.0 Å². The minimum absolute atomic E-state index is 0.242. The van der Waals surface area contributed by atoms with Crippen molar-refractivity contribution >= 4 is 16.7 Å². The number of benzene rings is 1. The van der Waals surface area contributed by atoms with Crippen LogP contribution in [0.4, 0.5) is 5.69 Å². The number of aryl methyl sites for hydroxylation is 1. The number of aliphatic hydroxyl groups excluding tert-OH is 1. The second-order valence-electron chi connectivity index (χ2n) is 4.86. The van der Waals surface area contributed by atoms with Gasteiger partial charge in [0, 0.05) is 25.9 Å². The number of fused-ring (bicyclic) bond motifs is 1. The van der Waals surface area contributed by atoms with Gasteiger partial charge in [-0.25, -0.2) is 4.98 Å². The first-order valence-corrected chi connectivity index (χ1v) is 6.42. The van der Waals surface area contributed by atoms with E-state index in [4.69, 9.17) is 0 Å². The summed E-state index contributed by atoms with van der Waals surface area (Å²) in [6, 6.07) is 6.22. The monoisotopic (exact) mass is 247 g/mol. The average molecular weight is 247 g/mol. The molecule has 0 saturated carbocycles. The Morgan fingerprint density at radius 3 is 2.89 bits per heavy atom. The van der Waals surface area contributed by atoms with Gasteiger partial charge in [0.15, 0.2) is 0 Å². The Morgan fingerprint density at radius 2 is 2.22 bits per heavy atom. The second-order valence-corrected chi connectivity index (χ2v) is 4.86. The van der Waals surface area contributed by atoms with E-state index in [-0.39, 0.29) is 6.61 Å². The lowest BCUT2D eigenvalue weighted by Crippen LogP contribution is -2.27. The highest BCUT2D eigenvalue weighted by atomic mass is 16.3. The number of rotatable bonds is 5. The summed E-state index contributed by atoms with van der Waals surface area (Å²) in [6.07, 6.45) is 0.992. The number of aliphatic hydroxyl groups is 1. The van der Waals surface area contributed by atoms with E-state index < -0.39 is 0 Å². The topological polar surface area (TPSA) is 52.1 Å². The molecule has 98 valence electrons. The minimum Gasteiger partial charge on any atom is -0.396 e. The van der Waals surface area contributed by atoms with Crippen molar-refractivity contribution in [1.82, 2.24) is 9.97 Å². The van der Waals surface area contributed by atoms with Crippen LogP contribution in [0.5, 0.6) is 0 Å². The van der Waals surface area contributed by atoms with E-state index in [1.54, 1.807) is 0 Å². The van der Waals surface area contributed by atoms with E-state index in [2.05, 4.69) is 41.0 Å². The van der Waals surface area contributed by atoms with Crippen molar-refractivity contribution in [2.45, 2.75) is 20.3 Å². The van der Waals surface area contributed by atoms with Crippen LogP contribution in [0.1, 0.15) is 19.2 Å². The molecule has 0 radical (unpaired) electrons. The van der Waals surface area contributed by atoms with Crippen LogP contribution in [0.25, 0.3) is 11.0 Å². The highest BCUT2D eigenvalue weighted by Crippen LogP contribution is 2.21. The van der Waals surface area contributed by atoms with Crippen LogP contribution in [0.15, 0.2) is 18.2 Å². The van der Waals surface area contributed by atoms with E-state index in [0.717, 1.165) is 35.5 Å². The Kier molecular flexibility index (Phi) is 3.87. The van der Waals surface area contributed by atoms with Crippen molar-refractivity contribution < 1.29 is 5.11 Å². The number of aromatic amines is 1. The second kappa shape index (κ2) is 5.40. The molecule has 1 atom stereocenters. The number of anilines is 1. The van der Waals surface area contributed by atoms with Gasteiger partial charge in [-0.15, -0.1) is 0 Å². The summed E-state index contributed by atoms with van der Waals surface area (Å²) in [4.78, 5) is 9.82. The van der Waals surface area contributed by atoms with E-state index in [1.165, 1.54) is 0 Å². The lowest BCUT2D eigenvalue weighted by Gasteiger charge is -2.23. The summed E-state index contributed by atoms with van der Waals surface area (Å²) in [5, 5.41) is 9.25. The molecule has 0 aliphatic carbocycles. The zero-order chi connectivity index (χ0) is 13.1. The molecule has 1 aromatic heterocycles. The average Bonchev–Trinajstić information content (AvgIpc) is 2.74. The van der Waals surface area contributed by atoms with E-state index in [9.17, 15) is 5.11 Å². The number of aromatic nitrogens is 2. The highest BCUT2D eigenvalue weighted by Gasteiger charge is 2.10. The van der Waals surface area contributed by atoms with Crippen LogP contribution in [0, 0.1) is 12.8 Å². The fourth-order valence-corrected chi connectivity index (χ4v) is 2.17. The van der Waals surface area contributed by atoms with Gasteiger partial charge in [0.25, 0.3) is 0 Å². The molecule has 0 spiro atoms. The van der Waals surface area contributed by atoms with Crippen molar-refractivity contribution in [3.8, 4) is 0 Å². The molecule has 1 aromatic carbocycles. The van der Waals surface area contributed by atoms with Crippen LogP contribution in [-0.2, 0) is 0 Å². The van der Waals surface area contributed by atoms with Crippen molar-refractivity contribution in [2.75, 3.05) is 25.1 Å². The largest absolute Gasteiger partial charge is 0.396 e. The molecule has 0 saturated heterocycles. The molecule has 4 heteroatoms. The first-order chi connectivity index (χ1) is 8.63. The third-order valence-corrected chi connectivity index (χ3v) is 3.39. The molecule has 4 nitrogen and oxygen atoms in total. The molecule has 2 rings (SSSR count). The van der Waals surface area contributed by atoms with Crippen LogP contribution < -0.4 is 4.90 Å². The summed E-state index contributed by atoms with van der Waals surface area (Å²) in [5.41, 5.74) is 3.21. The lowest BCUT2D eigenvalue weighted by atomic mass is 10.1. The van der Waals surface area contributed by atoms with Gasteiger partial charge in [0.1, 0.15) is 5.82 Å². The molecule has 18 heavy (non-hydrogen) atoms. The zero-order valence-corrected chi connectivity index (χ0v) is 11.3. The van der Waals surface area contributed by atoms with Crippen LogP contribution in [-0.4, -0.2) is 35.3 Å². The van der Waals surface area contributed by atoms with Crippen molar-refractivity contribution in [3.63, 3.8) is 0 Å². The molecule has 0 amide bonds. The fraction of sp³-hybridized carbons (Fsp3) is 0.500. The quantitative estimate of drug-likeness (QED) is 0.852. The SMILES string of the molecule is CCC(CO)CN(C)c1ccc2nc(C)[nH]c2c1. The van der Waals surface area contributed by atoms with Gasteiger partial charge in [0.05, 0.1) is 11.0 Å². The van der Waals surface area contributed by atoms with E-state index in [0.29, 0.717) is 5.92 Å². The molecule has 2 aromatic rings. The summed E-state index contributed by atoms with van der Waals surface area (Å²) in [6.45, 7) is 5.18. The molecular formula is C14H21N3O. The third-order valence-electron chi connectivity index (χ3n) is 3.39. The molecule has 0 fully saturated rings. The van der Waals surface area contributed by atoms with Gasteiger partial charge in [-0.05, 0) is 37.5 Å². The van der Waals surface area contributed by atoms with E-state index >= 15 is 0 Å². The maximum atomic E-state index is 9.25. The number of nitrogens with zero attached hydrogens (tertiary/aromatic N) is 2. The zero-order valence-electron chi connectivity index (χ0n) is 11.3. The maximum absolute atomic E-state index is 9.25. The lowest BCUT2D eigenvalue weighted by molar-refractivity contribution is 0.225. The number of imidazole rings is 1. The summed E-state index contributed by atoms with van der Waals surface area (Å²) < 4.78 is 0. The van der Waals surface area contributed by atoms with Crippen LogP contribution >= 0.6 is 0 Å². The smallest absolute Gasteiger partial charge is 0.104 e. The fourth-order valence-electron chi connectivity index (χ4n) is 2.17. The number of H-pyrrole nitrogens is 1. The van der Waals surface area contributed by atoms with Gasteiger partial charge in [-0.1, -0.05) is 6.92 Å². The number of hydrogen-bond donors (Lipinski definition) is 2. The predicted molar refractivity (Wildman–Crippen MR) is 75.0 cm³/mol. The number of hydrogen-bond acceptors (Lipinski definition) is 3. The normalized spacial score (nSPS) is 12.9. The first kappa shape index (κ1) is 12.9. The predicted octanol–water partition coefficient (Wildman–Crippen LogP) is 2.33. The Morgan fingerprint density at radius 1 is 1.44 bits per heavy atom. The van der Waals surface area contributed by atoms with Crippen LogP contribution in [0.3, 0.4) is 0 Å². The Balaban J connectivity index is 2.19. The molecular weight excluding hydrogens is 226 g/mol. The molecule has 0 bridgehead atoms. The third kappa shape index (κ3) is 2.64. The van der Waals surface area contributed by atoms with Crippen molar-refractivity contribution in [3.05, 3.63) is 24.0 Å². The first-order valence-electron chi connectivity index (χ1n) is 6.42. The van der Waals surface area contributed by atoms with Gasteiger partial charge in [-0.3, -0.25) is 0 Å². The highest BCUT2D eigenvalue weighted by molar-refractivity contribution is 5.79. The Bertz CT molecular complexity index is 517. The summed E-state index contributed by atoms with van der Waals surface area (Å²) in [7, 11) is 2.06. The molecule has 2 N–H and O–H groups in total. The van der Waals surface area contributed by atoms with Gasteiger partial charge in [-0.2, -0.15) is 0 Å². The number of nitrogens with one attached hydrogen (secondary N) is 1. The molecule has 1 unspecified atom stereocenters. The minimum atomic E-state index is 0.242. The van der Waals surface area contributed by atoms with Gasteiger partial charge >= 0.3 is 0 Å². The summed E-state index contributed by atoms with van der Waals surface area (Å²) >= 11 is 0. The standard InChI is InChI=1S/C14H21N3O/c1-4-11(9-18)8-17(3)12-5-6-13-14(7-12)16-10(2)15-13/h5-7,11,18H,4,8-9H2,1-3H3,(H,15,16). The van der Waals surface area contributed by atoms with Crippen molar-refractivity contribution in [2.24, 2.45) is 5.92 Å². The maximum Gasteiger partial charge on any atom is 0.104 e. The molecule has 0 aliphatic rings. The summed E-state index contributed by atoms with van der Waals surface area (Å²) in [5.74, 6) is 1.26. The van der Waals surface area contributed by atoms with Crippen LogP contribution in [0.2, 0.25) is 0 Å². The molecule has 0 aliphatic heterocycles. The van der Waals surface area contributed by atoms with Crippen molar-refractivity contribution in [1.29, 1.82) is 0 Å². The molecule has 1 heterocycles. The van der Waals surface area contributed by atoms with Gasteiger partial charge < -0.3 is 15.0 Å².